The summed E-state index contributed by atoms with van der Waals surface area (Å²) in [4.78, 5) is 8.37. The number of benzene rings is 1. The summed E-state index contributed by atoms with van der Waals surface area (Å²) < 4.78 is 10.6. The molecule has 0 saturated carbocycles. The maximum Gasteiger partial charge on any atom is 0.259 e. The number of nitrogen functional groups attached to an aromatic ring is 1. The summed E-state index contributed by atoms with van der Waals surface area (Å²) in [6.45, 7) is 0. The minimum absolute atomic E-state index is 0.424. The topological polar surface area (TPSA) is 87.1 Å². The fourth-order valence-electron chi connectivity index (χ4n) is 1.99. The van der Waals surface area contributed by atoms with Crippen LogP contribution in [0.5, 0.6) is 5.75 Å². The summed E-state index contributed by atoms with van der Waals surface area (Å²) >= 11 is 0. The number of ether oxygens (including phenoxy) is 1. The number of hydrogen-bond donors (Lipinski definition) is 1. The Bertz CT molecular complexity index is 737. The van der Waals surface area contributed by atoms with Gasteiger partial charge in [-0.3, -0.25) is 0 Å². The van der Waals surface area contributed by atoms with Crippen LogP contribution in [0.25, 0.3) is 11.5 Å². The van der Waals surface area contributed by atoms with Crippen LogP contribution in [0, 0.1) is 0 Å². The van der Waals surface area contributed by atoms with Gasteiger partial charge in [0.25, 0.3) is 5.89 Å². The quantitative estimate of drug-likeness (QED) is 0.790. The van der Waals surface area contributed by atoms with Gasteiger partial charge in [0.1, 0.15) is 11.6 Å². The number of anilines is 1. The first-order chi connectivity index (χ1) is 10.3. The minimum atomic E-state index is 0.424. The first-order valence-electron chi connectivity index (χ1n) is 6.42. The maximum absolute atomic E-state index is 5.55. The third-order valence-electron chi connectivity index (χ3n) is 3.04. The van der Waals surface area contributed by atoms with Gasteiger partial charge in [-0.15, -0.1) is 0 Å². The van der Waals surface area contributed by atoms with E-state index in [-0.39, 0.29) is 0 Å². The number of hydrogen-bond acceptors (Lipinski definition) is 6. The molecule has 0 atom stereocenters. The van der Waals surface area contributed by atoms with E-state index >= 15 is 0 Å². The molecule has 2 heterocycles. The Balaban J connectivity index is 1.83. The van der Waals surface area contributed by atoms with E-state index in [1.165, 1.54) is 0 Å². The molecule has 106 valence electrons. The van der Waals surface area contributed by atoms with Crippen molar-refractivity contribution in [1.29, 1.82) is 0 Å². The molecule has 2 N–H and O–H groups in total. The fraction of sp³-hybridized carbons (Fsp3) is 0.133. The van der Waals surface area contributed by atoms with Crippen molar-refractivity contribution < 1.29 is 9.26 Å². The molecular formula is C15H14N4O2. The van der Waals surface area contributed by atoms with E-state index in [2.05, 4.69) is 15.1 Å². The van der Waals surface area contributed by atoms with Crippen LogP contribution in [-0.2, 0) is 6.42 Å². The van der Waals surface area contributed by atoms with Crippen LogP contribution < -0.4 is 10.5 Å². The van der Waals surface area contributed by atoms with Crippen molar-refractivity contribution in [2.75, 3.05) is 12.8 Å². The van der Waals surface area contributed by atoms with E-state index in [0.29, 0.717) is 24.0 Å². The highest BCUT2D eigenvalue weighted by molar-refractivity contribution is 5.53. The average Bonchev–Trinajstić information content (AvgIpc) is 2.97. The van der Waals surface area contributed by atoms with Crippen molar-refractivity contribution in [2.45, 2.75) is 6.42 Å². The standard InChI is InChI=1S/C15H14N4O2/c1-20-12-5-3-2-4-10(12)8-14-18-15(21-19-14)11-6-7-13(16)17-9-11/h2-7,9H,8H2,1H3,(H2,16,17). The van der Waals surface area contributed by atoms with Crippen LogP contribution in [0.4, 0.5) is 5.82 Å². The smallest absolute Gasteiger partial charge is 0.259 e. The summed E-state index contributed by atoms with van der Waals surface area (Å²) in [5.41, 5.74) is 7.29. The Morgan fingerprint density at radius 1 is 1.19 bits per heavy atom. The van der Waals surface area contributed by atoms with E-state index < -0.39 is 0 Å². The number of nitrogens with two attached hydrogens (primary N) is 1. The maximum atomic E-state index is 5.55. The molecule has 0 radical (unpaired) electrons. The van der Waals surface area contributed by atoms with Gasteiger partial charge in [-0.25, -0.2) is 4.98 Å². The Morgan fingerprint density at radius 2 is 2.05 bits per heavy atom. The van der Waals surface area contributed by atoms with Crippen molar-refractivity contribution in [1.82, 2.24) is 15.1 Å². The van der Waals surface area contributed by atoms with Crippen molar-refractivity contribution in [2.24, 2.45) is 0 Å². The summed E-state index contributed by atoms with van der Waals surface area (Å²) in [5.74, 6) is 2.27. The zero-order valence-corrected chi connectivity index (χ0v) is 11.5. The molecule has 3 aromatic rings. The van der Waals surface area contributed by atoms with Gasteiger partial charge < -0.3 is 15.0 Å². The molecule has 0 aliphatic heterocycles. The fourth-order valence-corrected chi connectivity index (χ4v) is 1.99. The number of aromatic nitrogens is 3. The van der Waals surface area contributed by atoms with Crippen molar-refractivity contribution in [3.05, 3.63) is 54.0 Å². The van der Waals surface area contributed by atoms with Gasteiger partial charge in [0.05, 0.1) is 12.7 Å². The molecule has 6 nitrogen and oxygen atoms in total. The van der Waals surface area contributed by atoms with Crippen LogP contribution in [0.3, 0.4) is 0 Å². The zero-order chi connectivity index (χ0) is 14.7. The van der Waals surface area contributed by atoms with Gasteiger partial charge in [-0.2, -0.15) is 4.98 Å². The van der Waals surface area contributed by atoms with Gasteiger partial charge in [0.15, 0.2) is 5.82 Å². The summed E-state index contributed by atoms with van der Waals surface area (Å²) in [6.07, 6.45) is 2.14. The van der Waals surface area contributed by atoms with E-state index in [0.717, 1.165) is 16.9 Å². The van der Waals surface area contributed by atoms with E-state index in [9.17, 15) is 0 Å². The molecule has 0 spiro atoms. The molecule has 3 rings (SSSR count). The van der Waals surface area contributed by atoms with Gasteiger partial charge in [-0.05, 0) is 18.2 Å². The van der Waals surface area contributed by atoms with Crippen LogP contribution in [-0.4, -0.2) is 22.2 Å². The van der Waals surface area contributed by atoms with Gasteiger partial charge in [-0.1, -0.05) is 23.4 Å². The second kappa shape index (κ2) is 5.62. The summed E-state index contributed by atoms with van der Waals surface area (Å²) in [5, 5.41) is 3.98. The summed E-state index contributed by atoms with van der Waals surface area (Å²) in [6, 6.07) is 11.2. The molecule has 0 aliphatic carbocycles. The van der Waals surface area contributed by atoms with Crippen LogP contribution >= 0.6 is 0 Å². The van der Waals surface area contributed by atoms with Crippen LogP contribution in [0.1, 0.15) is 11.4 Å². The predicted molar refractivity (Wildman–Crippen MR) is 77.7 cm³/mol. The van der Waals surface area contributed by atoms with Gasteiger partial charge in [0.2, 0.25) is 0 Å². The molecule has 6 heteroatoms. The number of pyridine rings is 1. The van der Waals surface area contributed by atoms with E-state index in [1.54, 1.807) is 25.4 Å². The predicted octanol–water partition coefficient (Wildman–Crippen LogP) is 2.31. The second-order valence-corrected chi connectivity index (χ2v) is 4.48. The highest BCUT2D eigenvalue weighted by Crippen LogP contribution is 2.22. The minimum Gasteiger partial charge on any atom is -0.496 e. The molecule has 0 fully saturated rings. The molecule has 0 amide bonds. The number of methoxy groups -OCH3 is 1. The highest BCUT2D eigenvalue weighted by Gasteiger charge is 2.11. The van der Waals surface area contributed by atoms with Crippen molar-refractivity contribution in [3.63, 3.8) is 0 Å². The molecule has 0 saturated heterocycles. The average molecular weight is 282 g/mol. The second-order valence-electron chi connectivity index (χ2n) is 4.48. The number of para-hydroxylation sites is 1. The normalized spacial score (nSPS) is 10.5. The number of nitrogens with zero attached hydrogens (tertiary/aromatic N) is 3. The first kappa shape index (κ1) is 13.1. The largest absolute Gasteiger partial charge is 0.496 e. The zero-order valence-electron chi connectivity index (χ0n) is 11.5. The number of rotatable bonds is 4. The molecular weight excluding hydrogens is 268 g/mol. The Labute approximate surface area is 121 Å². The monoisotopic (exact) mass is 282 g/mol. The Hall–Kier alpha value is -2.89. The Morgan fingerprint density at radius 3 is 2.81 bits per heavy atom. The lowest BCUT2D eigenvalue weighted by molar-refractivity contribution is 0.408. The van der Waals surface area contributed by atoms with Gasteiger partial charge >= 0.3 is 0 Å². The van der Waals surface area contributed by atoms with E-state index in [1.807, 2.05) is 24.3 Å². The van der Waals surface area contributed by atoms with E-state index in [4.69, 9.17) is 15.0 Å². The highest BCUT2D eigenvalue weighted by atomic mass is 16.5. The SMILES string of the molecule is COc1ccccc1Cc1noc(-c2ccc(N)nc2)n1. The molecule has 2 aromatic heterocycles. The first-order valence-corrected chi connectivity index (χ1v) is 6.42. The van der Waals surface area contributed by atoms with Crippen LogP contribution in [0.15, 0.2) is 47.1 Å². The van der Waals surface area contributed by atoms with Crippen molar-refractivity contribution in [3.8, 4) is 17.2 Å². The molecule has 0 aliphatic rings. The Kier molecular flexibility index (Phi) is 3.51. The lowest BCUT2D eigenvalue weighted by atomic mass is 10.1. The van der Waals surface area contributed by atoms with Crippen LogP contribution in [0.2, 0.25) is 0 Å². The molecule has 21 heavy (non-hydrogen) atoms. The molecule has 0 bridgehead atoms. The lowest BCUT2D eigenvalue weighted by Crippen LogP contribution is -1.95. The third kappa shape index (κ3) is 2.84. The third-order valence-corrected chi connectivity index (χ3v) is 3.04. The van der Waals surface area contributed by atoms with Crippen molar-refractivity contribution >= 4 is 5.82 Å². The summed E-state index contributed by atoms with van der Waals surface area (Å²) in [7, 11) is 1.64. The molecule has 0 unspecified atom stereocenters. The molecule has 1 aromatic carbocycles. The lowest BCUT2D eigenvalue weighted by Gasteiger charge is -2.04. The van der Waals surface area contributed by atoms with Gasteiger partial charge in [0, 0.05) is 18.2 Å².